The number of para-hydroxylation sites is 2. The summed E-state index contributed by atoms with van der Waals surface area (Å²) in [4.78, 5) is 28.8. The molecule has 3 rings (SSSR count). The molecule has 1 fully saturated rings. The normalized spacial score (nSPS) is 26.2. The van der Waals surface area contributed by atoms with E-state index in [0.717, 1.165) is 5.69 Å². The van der Waals surface area contributed by atoms with Crippen molar-refractivity contribution in [1.29, 1.82) is 0 Å². The molecule has 2 amide bonds. The number of hydrogen-bond donors (Lipinski definition) is 0. The van der Waals surface area contributed by atoms with Crippen LogP contribution in [0, 0.1) is 0 Å². The number of ether oxygens (including phenoxy) is 2. The van der Waals surface area contributed by atoms with Crippen LogP contribution < -0.4 is 9.64 Å². The molecule has 3 atom stereocenters. The smallest absolute Gasteiger partial charge is 0.268 e. The van der Waals surface area contributed by atoms with E-state index in [4.69, 9.17) is 9.47 Å². The Kier molecular flexibility index (Phi) is 5.27. The lowest BCUT2D eigenvalue weighted by Crippen LogP contribution is -2.50. The number of amides is 2. The van der Waals surface area contributed by atoms with Gasteiger partial charge in [-0.05, 0) is 32.4 Å². The summed E-state index contributed by atoms with van der Waals surface area (Å²) in [7, 11) is 0. The highest BCUT2D eigenvalue weighted by Crippen LogP contribution is 2.34. The van der Waals surface area contributed by atoms with Gasteiger partial charge in [0.25, 0.3) is 5.91 Å². The Labute approximate surface area is 148 Å². The van der Waals surface area contributed by atoms with E-state index < -0.39 is 6.10 Å². The number of rotatable bonds is 4. The van der Waals surface area contributed by atoms with E-state index in [2.05, 4.69) is 0 Å². The predicted molar refractivity (Wildman–Crippen MR) is 94.7 cm³/mol. The fraction of sp³-hybridized carbons (Fsp3) is 0.579. The zero-order valence-corrected chi connectivity index (χ0v) is 15.1. The fourth-order valence-corrected chi connectivity index (χ4v) is 3.51. The molecule has 25 heavy (non-hydrogen) atoms. The highest BCUT2D eigenvalue weighted by Gasteiger charge is 2.34. The summed E-state index contributed by atoms with van der Waals surface area (Å²) in [6, 6.07) is 7.50. The summed E-state index contributed by atoms with van der Waals surface area (Å²) in [5.41, 5.74) is 0.744. The van der Waals surface area contributed by atoms with Crippen LogP contribution in [0.1, 0.15) is 33.6 Å². The van der Waals surface area contributed by atoms with E-state index in [1.165, 1.54) is 0 Å². The molecule has 0 radical (unpaired) electrons. The molecule has 136 valence electrons. The molecule has 0 spiro atoms. The number of morpholine rings is 1. The van der Waals surface area contributed by atoms with Gasteiger partial charge in [0, 0.05) is 26.1 Å². The summed E-state index contributed by atoms with van der Waals surface area (Å²) in [5.74, 6) is 0.694. The third kappa shape index (κ3) is 3.79. The average molecular weight is 346 g/mol. The number of hydrogen-bond acceptors (Lipinski definition) is 4. The quantitative estimate of drug-likeness (QED) is 0.839. The van der Waals surface area contributed by atoms with E-state index in [-0.39, 0.29) is 24.0 Å². The molecule has 1 aromatic carbocycles. The third-order valence-corrected chi connectivity index (χ3v) is 4.66. The van der Waals surface area contributed by atoms with Crippen LogP contribution in [-0.2, 0) is 14.3 Å². The number of benzene rings is 1. The van der Waals surface area contributed by atoms with E-state index in [0.29, 0.717) is 38.2 Å². The molecular formula is C19H26N2O4. The Balaban J connectivity index is 1.69. The van der Waals surface area contributed by atoms with Crippen LogP contribution in [0.2, 0.25) is 0 Å². The molecule has 0 aromatic heterocycles. The second-order valence-corrected chi connectivity index (χ2v) is 6.78. The fourth-order valence-electron chi connectivity index (χ4n) is 3.51. The van der Waals surface area contributed by atoms with Gasteiger partial charge in [0.2, 0.25) is 5.91 Å². The lowest BCUT2D eigenvalue weighted by molar-refractivity contribution is -0.143. The lowest BCUT2D eigenvalue weighted by Gasteiger charge is -2.37. The highest BCUT2D eigenvalue weighted by molar-refractivity contribution is 6.00. The predicted octanol–water partition coefficient (Wildman–Crippen LogP) is 2.22. The summed E-state index contributed by atoms with van der Waals surface area (Å²) in [6.07, 6.45) is 0.519. The molecule has 0 N–H and O–H groups in total. The minimum absolute atomic E-state index is 0.0444. The number of fused-ring (bicyclic) bond motifs is 1. The van der Waals surface area contributed by atoms with Crippen molar-refractivity contribution in [2.45, 2.75) is 51.9 Å². The maximum atomic E-state index is 12.7. The van der Waals surface area contributed by atoms with Crippen molar-refractivity contribution in [3.8, 4) is 5.75 Å². The molecule has 1 saturated heterocycles. The van der Waals surface area contributed by atoms with Crippen LogP contribution in [0.3, 0.4) is 0 Å². The summed E-state index contributed by atoms with van der Waals surface area (Å²) < 4.78 is 11.4. The summed E-state index contributed by atoms with van der Waals surface area (Å²) in [5, 5.41) is 0. The Hall–Kier alpha value is -2.08. The lowest BCUT2D eigenvalue weighted by atomic mass is 10.1. The van der Waals surface area contributed by atoms with Gasteiger partial charge in [0.15, 0.2) is 6.10 Å². The molecule has 0 aliphatic carbocycles. The van der Waals surface area contributed by atoms with Gasteiger partial charge in [-0.15, -0.1) is 0 Å². The van der Waals surface area contributed by atoms with Gasteiger partial charge >= 0.3 is 0 Å². The van der Waals surface area contributed by atoms with E-state index in [1.807, 2.05) is 49.9 Å². The van der Waals surface area contributed by atoms with Gasteiger partial charge in [-0.2, -0.15) is 0 Å². The van der Waals surface area contributed by atoms with Gasteiger partial charge < -0.3 is 19.3 Å². The van der Waals surface area contributed by atoms with Crippen molar-refractivity contribution in [3.63, 3.8) is 0 Å². The van der Waals surface area contributed by atoms with Crippen molar-refractivity contribution in [2.75, 3.05) is 24.5 Å². The Morgan fingerprint density at radius 2 is 1.88 bits per heavy atom. The first-order valence-corrected chi connectivity index (χ1v) is 9.00. The Morgan fingerprint density at radius 1 is 1.20 bits per heavy atom. The topological polar surface area (TPSA) is 59.1 Å². The molecule has 6 nitrogen and oxygen atoms in total. The zero-order valence-electron chi connectivity index (χ0n) is 15.1. The number of nitrogens with zero attached hydrogens (tertiary/aromatic N) is 2. The van der Waals surface area contributed by atoms with Crippen molar-refractivity contribution in [3.05, 3.63) is 24.3 Å². The monoisotopic (exact) mass is 346 g/mol. The molecule has 6 heteroatoms. The van der Waals surface area contributed by atoms with Crippen LogP contribution >= 0.6 is 0 Å². The zero-order chi connectivity index (χ0) is 18.0. The van der Waals surface area contributed by atoms with Gasteiger partial charge in [-0.3, -0.25) is 9.59 Å². The third-order valence-electron chi connectivity index (χ3n) is 4.66. The molecule has 0 bridgehead atoms. The van der Waals surface area contributed by atoms with Crippen LogP contribution in [0.15, 0.2) is 24.3 Å². The van der Waals surface area contributed by atoms with Crippen LogP contribution in [0.25, 0.3) is 0 Å². The SMILES string of the molecule is CCC1Oc2ccccc2N(CCC(=O)N2CC(C)OC(C)C2)C1=O. The van der Waals surface area contributed by atoms with Crippen LogP contribution in [0.5, 0.6) is 5.75 Å². The highest BCUT2D eigenvalue weighted by atomic mass is 16.5. The average Bonchev–Trinajstić information content (AvgIpc) is 2.59. The summed E-state index contributed by atoms with van der Waals surface area (Å²) in [6.45, 7) is 7.46. The van der Waals surface area contributed by atoms with Crippen LogP contribution in [0.4, 0.5) is 5.69 Å². The Bertz CT molecular complexity index is 638. The van der Waals surface area contributed by atoms with Crippen molar-refractivity contribution in [1.82, 2.24) is 4.90 Å². The molecule has 1 aromatic rings. The van der Waals surface area contributed by atoms with Crippen molar-refractivity contribution >= 4 is 17.5 Å². The molecule has 3 unspecified atom stereocenters. The van der Waals surface area contributed by atoms with E-state index in [9.17, 15) is 9.59 Å². The minimum Gasteiger partial charge on any atom is -0.478 e. The first kappa shape index (κ1) is 17.7. The van der Waals surface area contributed by atoms with E-state index >= 15 is 0 Å². The first-order valence-electron chi connectivity index (χ1n) is 9.00. The molecule has 2 aliphatic heterocycles. The maximum absolute atomic E-state index is 12.7. The van der Waals surface area contributed by atoms with Crippen LogP contribution in [-0.4, -0.2) is 54.7 Å². The van der Waals surface area contributed by atoms with E-state index in [1.54, 1.807) is 4.90 Å². The maximum Gasteiger partial charge on any atom is 0.268 e. The number of carbonyl (C=O) groups is 2. The first-order chi connectivity index (χ1) is 12.0. The molecule has 0 saturated carbocycles. The van der Waals surface area contributed by atoms with Crippen molar-refractivity contribution < 1.29 is 19.1 Å². The standard InChI is InChI=1S/C19H26N2O4/c1-4-16-19(23)21(15-7-5-6-8-17(15)25-16)10-9-18(22)20-11-13(2)24-14(3)12-20/h5-8,13-14,16H,4,9-12H2,1-3H3. The van der Waals surface area contributed by atoms with Gasteiger partial charge in [-0.1, -0.05) is 19.1 Å². The molecule has 2 heterocycles. The second-order valence-electron chi connectivity index (χ2n) is 6.78. The van der Waals surface area contributed by atoms with Gasteiger partial charge in [-0.25, -0.2) is 0 Å². The van der Waals surface area contributed by atoms with Gasteiger partial charge in [0.1, 0.15) is 5.75 Å². The molecule has 2 aliphatic rings. The molecular weight excluding hydrogens is 320 g/mol. The number of carbonyl (C=O) groups excluding carboxylic acids is 2. The number of anilines is 1. The second kappa shape index (κ2) is 7.44. The minimum atomic E-state index is -0.478. The van der Waals surface area contributed by atoms with Gasteiger partial charge in [0.05, 0.1) is 17.9 Å². The van der Waals surface area contributed by atoms with Crippen molar-refractivity contribution in [2.24, 2.45) is 0 Å². The Morgan fingerprint density at radius 3 is 2.56 bits per heavy atom. The summed E-state index contributed by atoms with van der Waals surface area (Å²) >= 11 is 0. The largest absolute Gasteiger partial charge is 0.478 e.